The van der Waals surface area contributed by atoms with Gasteiger partial charge in [-0.05, 0) is 12.6 Å². The summed E-state index contributed by atoms with van der Waals surface area (Å²) in [7, 11) is 0. The zero-order chi connectivity index (χ0) is 6.53. The number of hydrogen-bond acceptors (Lipinski definition) is 2. The highest BCUT2D eigenvalue weighted by Gasteiger charge is 2.02. The van der Waals surface area contributed by atoms with E-state index in [2.05, 4.69) is 18.3 Å². The molecule has 0 saturated carbocycles. The summed E-state index contributed by atoms with van der Waals surface area (Å²) < 4.78 is 5.25. The van der Waals surface area contributed by atoms with E-state index in [4.69, 9.17) is 4.74 Å². The molecule has 1 aliphatic rings. The summed E-state index contributed by atoms with van der Waals surface area (Å²) >= 11 is 0. The fourth-order valence-electron chi connectivity index (χ4n) is 0.840. The Kier molecular flexibility index (Phi) is 2.58. The van der Waals surface area contributed by atoms with E-state index >= 15 is 0 Å². The second-order valence-corrected chi connectivity index (χ2v) is 2.09. The van der Waals surface area contributed by atoms with Gasteiger partial charge < -0.3 is 10.1 Å². The lowest BCUT2D eigenvalue weighted by Crippen LogP contribution is -2.16. The molecule has 0 atom stereocenters. The molecule has 0 aromatic carbocycles. The Morgan fingerprint density at radius 2 is 2.67 bits per heavy atom. The molecule has 1 heterocycles. The maximum atomic E-state index is 5.25. The third kappa shape index (κ3) is 2.06. The Labute approximate surface area is 55.9 Å². The van der Waals surface area contributed by atoms with Gasteiger partial charge in [-0.25, -0.2) is 0 Å². The first-order valence-corrected chi connectivity index (χ1v) is 3.46. The number of rotatable bonds is 3. The number of ether oxygens (including phenoxy) is 1. The molecule has 0 bridgehead atoms. The van der Waals surface area contributed by atoms with E-state index in [-0.39, 0.29) is 0 Å². The third-order valence-electron chi connectivity index (χ3n) is 1.33. The molecule has 0 unspecified atom stereocenters. The van der Waals surface area contributed by atoms with Crippen LogP contribution in [0.15, 0.2) is 11.8 Å². The molecule has 0 aromatic heterocycles. The summed E-state index contributed by atoms with van der Waals surface area (Å²) in [6.07, 6.45) is 3.23. The molecular formula is C7H13NO. The Bertz CT molecular complexity index is 109. The average molecular weight is 127 g/mol. The lowest BCUT2D eigenvalue weighted by molar-refractivity contribution is 0.237. The van der Waals surface area contributed by atoms with Crippen LogP contribution in [0.1, 0.15) is 13.3 Å². The molecule has 0 radical (unpaired) electrons. The normalized spacial score (nSPS) is 17.2. The van der Waals surface area contributed by atoms with Crippen LogP contribution in [0.4, 0.5) is 0 Å². The Hall–Kier alpha value is -0.500. The van der Waals surface area contributed by atoms with Crippen molar-refractivity contribution in [2.75, 3.05) is 19.7 Å². The van der Waals surface area contributed by atoms with E-state index in [1.807, 2.05) is 0 Å². The molecule has 52 valence electrons. The topological polar surface area (TPSA) is 21.3 Å². The van der Waals surface area contributed by atoms with Crippen molar-refractivity contribution in [1.29, 1.82) is 0 Å². The highest BCUT2D eigenvalue weighted by atomic mass is 16.5. The van der Waals surface area contributed by atoms with E-state index in [1.54, 1.807) is 0 Å². The minimum Gasteiger partial charge on any atom is -0.497 e. The van der Waals surface area contributed by atoms with Crippen molar-refractivity contribution in [3.8, 4) is 0 Å². The molecule has 2 heteroatoms. The van der Waals surface area contributed by atoms with Gasteiger partial charge in [0.1, 0.15) is 5.76 Å². The molecular weight excluding hydrogens is 114 g/mol. The molecule has 1 aliphatic heterocycles. The zero-order valence-corrected chi connectivity index (χ0v) is 5.81. The van der Waals surface area contributed by atoms with Crippen LogP contribution in [-0.4, -0.2) is 19.7 Å². The van der Waals surface area contributed by atoms with Gasteiger partial charge in [0.05, 0.1) is 13.2 Å². The van der Waals surface area contributed by atoms with Gasteiger partial charge in [-0.2, -0.15) is 0 Å². The van der Waals surface area contributed by atoms with Gasteiger partial charge >= 0.3 is 0 Å². The average Bonchev–Trinajstić information content (AvgIpc) is 2.34. The molecule has 1 N–H and O–H groups in total. The Balaban J connectivity index is 2.11. The van der Waals surface area contributed by atoms with E-state index in [9.17, 15) is 0 Å². The fraction of sp³-hybridized carbons (Fsp3) is 0.714. The van der Waals surface area contributed by atoms with Crippen molar-refractivity contribution in [3.63, 3.8) is 0 Å². The van der Waals surface area contributed by atoms with E-state index in [0.29, 0.717) is 0 Å². The van der Waals surface area contributed by atoms with Gasteiger partial charge in [0.25, 0.3) is 0 Å². The van der Waals surface area contributed by atoms with Crippen LogP contribution >= 0.6 is 0 Å². The highest BCUT2D eigenvalue weighted by Crippen LogP contribution is 2.06. The molecule has 0 spiro atoms. The molecule has 0 fully saturated rings. The van der Waals surface area contributed by atoms with Crippen LogP contribution in [0.3, 0.4) is 0 Å². The third-order valence-corrected chi connectivity index (χ3v) is 1.33. The van der Waals surface area contributed by atoms with Gasteiger partial charge in [0, 0.05) is 6.42 Å². The SMILES string of the molecule is CCNCC1=CCCO1. The lowest BCUT2D eigenvalue weighted by Gasteiger charge is -2.02. The van der Waals surface area contributed by atoms with Crippen LogP contribution in [-0.2, 0) is 4.74 Å². The van der Waals surface area contributed by atoms with Crippen molar-refractivity contribution < 1.29 is 4.74 Å². The monoisotopic (exact) mass is 127 g/mol. The maximum Gasteiger partial charge on any atom is 0.106 e. The Morgan fingerprint density at radius 1 is 1.78 bits per heavy atom. The van der Waals surface area contributed by atoms with E-state index < -0.39 is 0 Å². The first kappa shape index (κ1) is 6.62. The van der Waals surface area contributed by atoms with E-state index in [1.165, 1.54) is 0 Å². The first-order chi connectivity index (χ1) is 4.43. The second kappa shape index (κ2) is 3.51. The standard InChI is InChI=1S/C7H13NO/c1-2-8-6-7-4-3-5-9-7/h4,8H,2-3,5-6H2,1H3. The van der Waals surface area contributed by atoms with Crippen molar-refractivity contribution in [2.24, 2.45) is 0 Å². The minimum atomic E-state index is 0.876. The largest absolute Gasteiger partial charge is 0.497 e. The number of nitrogens with one attached hydrogen (secondary N) is 1. The van der Waals surface area contributed by atoms with Gasteiger partial charge in [-0.3, -0.25) is 0 Å². The van der Waals surface area contributed by atoms with Crippen LogP contribution in [0.2, 0.25) is 0 Å². The van der Waals surface area contributed by atoms with Crippen molar-refractivity contribution in [2.45, 2.75) is 13.3 Å². The predicted octanol–water partition coefficient (Wildman–Crippen LogP) is 0.900. The number of likely N-dealkylation sites (N-methyl/N-ethyl adjacent to an activating group) is 1. The number of hydrogen-bond donors (Lipinski definition) is 1. The summed E-state index contributed by atoms with van der Waals surface area (Å²) in [6.45, 7) is 4.88. The molecule has 0 aromatic rings. The zero-order valence-electron chi connectivity index (χ0n) is 5.81. The van der Waals surface area contributed by atoms with Gasteiger partial charge in [0.2, 0.25) is 0 Å². The molecule has 0 saturated heterocycles. The van der Waals surface area contributed by atoms with Gasteiger partial charge in [-0.15, -0.1) is 0 Å². The molecule has 0 aliphatic carbocycles. The summed E-state index contributed by atoms with van der Waals surface area (Å²) in [5.74, 6) is 1.11. The fourth-order valence-corrected chi connectivity index (χ4v) is 0.840. The summed E-state index contributed by atoms with van der Waals surface area (Å²) in [5, 5.41) is 3.20. The maximum absolute atomic E-state index is 5.25. The quantitative estimate of drug-likeness (QED) is 0.608. The highest BCUT2D eigenvalue weighted by molar-refractivity contribution is 4.99. The summed E-state index contributed by atoms with van der Waals surface area (Å²) in [4.78, 5) is 0. The molecule has 1 rings (SSSR count). The second-order valence-electron chi connectivity index (χ2n) is 2.09. The smallest absolute Gasteiger partial charge is 0.106 e. The molecule has 2 nitrogen and oxygen atoms in total. The molecule has 0 amide bonds. The first-order valence-electron chi connectivity index (χ1n) is 3.46. The van der Waals surface area contributed by atoms with Crippen LogP contribution in [0.5, 0.6) is 0 Å². The van der Waals surface area contributed by atoms with Crippen molar-refractivity contribution >= 4 is 0 Å². The van der Waals surface area contributed by atoms with E-state index in [0.717, 1.165) is 31.9 Å². The lowest BCUT2D eigenvalue weighted by atomic mass is 10.4. The van der Waals surface area contributed by atoms with Gasteiger partial charge in [0.15, 0.2) is 0 Å². The van der Waals surface area contributed by atoms with Gasteiger partial charge in [-0.1, -0.05) is 6.92 Å². The summed E-state index contributed by atoms with van der Waals surface area (Å²) in [6, 6.07) is 0. The van der Waals surface area contributed by atoms with Crippen LogP contribution < -0.4 is 5.32 Å². The predicted molar refractivity (Wildman–Crippen MR) is 37.2 cm³/mol. The summed E-state index contributed by atoms with van der Waals surface area (Å²) in [5.41, 5.74) is 0. The van der Waals surface area contributed by atoms with Crippen LogP contribution in [0.25, 0.3) is 0 Å². The molecule has 9 heavy (non-hydrogen) atoms. The van der Waals surface area contributed by atoms with Crippen molar-refractivity contribution in [3.05, 3.63) is 11.8 Å². The minimum absolute atomic E-state index is 0.876. The van der Waals surface area contributed by atoms with Crippen LogP contribution in [0, 0.1) is 0 Å². The van der Waals surface area contributed by atoms with Crippen molar-refractivity contribution in [1.82, 2.24) is 5.32 Å². The Morgan fingerprint density at radius 3 is 3.22 bits per heavy atom.